The molecule has 0 unspecified atom stereocenters. The molecule has 2 N–H and O–H groups in total. The van der Waals surface area contributed by atoms with E-state index in [-0.39, 0.29) is 22.8 Å². The van der Waals surface area contributed by atoms with E-state index in [9.17, 15) is 15.0 Å². The highest BCUT2D eigenvalue weighted by Crippen LogP contribution is 2.37. The third-order valence-corrected chi connectivity index (χ3v) is 1.56. The minimum Gasteiger partial charge on any atom is -0.504 e. The first-order chi connectivity index (χ1) is 6.20. The monoisotopic (exact) mass is 182 g/mol. The molecule has 0 saturated heterocycles. The van der Waals surface area contributed by atoms with Gasteiger partial charge >= 0.3 is 0 Å². The van der Waals surface area contributed by atoms with Crippen molar-refractivity contribution >= 4 is 6.29 Å². The molecule has 4 heteroatoms. The van der Waals surface area contributed by atoms with Crippen LogP contribution in [0.3, 0.4) is 0 Å². The maximum absolute atomic E-state index is 10.4. The van der Waals surface area contributed by atoms with Crippen molar-refractivity contribution in [2.75, 3.05) is 6.61 Å². The molecule has 0 spiro atoms. The second-order valence-electron chi connectivity index (χ2n) is 2.40. The number of carbonyl (C=O) groups is 1. The SMILES string of the molecule is CCOc1c(O)ccc(C=O)c1O. The largest absolute Gasteiger partial charge is 0.504 e. The highest BCUT2D eigenvalue weighted by molar-refractivity contribution is 5.82. The fourth-order valence-electron chi connectivity index (χ4n) is 0.957. The highest BCUT2D eigenvalue weighted by Gasteiger charge is 2.12. The summed E-state index contributed by atoms with van der Waals surface area (Å²) in [6, 6.07) is 2.62. The van der Waals surface area contributed by atoms with Crippen LogP contribution >= 0.6 is 0 Å². The first kappa shape index (κ1) is 9.38. The van der Waals surface area contributed by atoms with Crippen molar-refractivity contribution in [3.8, 4) is 17.2 Å². The Morgan fingerprint density at radius 3 is 2.69 bits per heavy atom. The summed E-state index contributed by atoms with van der Waals surface area (Å²) < 4.78 is 4.95. The normalized spacial score (nSPS) is 9.62. The number of benzene rings is 1. The lowest BCUT2D eigenvalue weighted by atomic mass is 10.2. The van der Waals surface area contributed by atoms with Crippen LogP contribution in [0.5, 0.6) is 17.2 Å². The van der Waals surface area contributed by atoms with Gasteiger partial charge in [-0.3, -0.25) is 4.79 Å². The summed E-state index contributed by atoms with van der Waals surface area (Å²) >= 11 is 0. The van der Waals surface area contributed by atoms with Crippen molar-refractivity contribution < 1.29 is 19.7 Å². The number of aromatic hydroxyl groups is 2. The van der Waals surface area contributed by atoms with Gasteiger partial charge in [0, 0.05) is 0 Å². The first-order valence-electron chi connectivity index (χ1n) is 3.83. The number of phenolic OH excluding ortho intramolecular Hbond substituents is 2. The standard InChI is InChI=1S/C9H10O4/c1-2-13-9-7(11)4-3-6(5-10)8(9)12/h3-5,11-12H,2H2,1H3. The van der Waals surface area contributed by atoms with E-state index in [4.69, 9.17) is 4.74 Å². The summed E-state index contributed by atoms with van der Waals surface area (Å²) in [5.41, 5.74) is 0.0984. The molecule has 0 saturated carbocycles. The van der Waals surface area contributed by atoms with E-state index < -0.39 is 0 Å². The maximum atomic E-state index is 10.4. The number of ether oxygens (including phenoxy) is 1. The van der Waals surface area contributed by atoms with Crippen LogP contribution in [-0.2, 0) is 0 Å². The van der Waals surface area contributed by atoms with Gasteiger partial charge in [0.05, 0.1) is 12.2 Å². The number of hydrogen-bond donors (Lipinski definition) is 2. The summed E-state index contributed by atoms with van der Waals surface area (Å²) in [7, 11) is 0. The molecule has 1 aromatic rings. The Morgan fingerprint density at radius 2 is 2.15 bits per heavy atom. The Bertz CT molecular complexity index is 320. The average Bonchev–Trinajstić information content (AvgIpc) is 2.12. The third-order valence-electron chi connectivity index (χ3n) is 1.56. The first-order valence-corrected chi connectivity index (χ1v) is 3.83. The fraction of sp³-hybridized carbons (Fsp3) is 0.222. The molecule has 0 aliphatic carbocycles. The molecule has 0 aliphatic rings. The Kier molecular flexibility index (Phi) is 2.74. The van der Waals surface area contributed by atoms with Gasteiger partial charge in [0.15, 0.2) is 17.8 Å². The molecule has 0 aromatic heterocycles. The molecule has 0 bridgehead atoms. The smallest absolute Gasteiger partial charge is 0.203 e. The second-order valence-corrected chi connectivity index (χ2v) is 2.40. The molecule has 70 valence electrons. The topological polar surface area (TPSA) is 66.8 Å². The maximum Gasteiger partial charge on any atom is 0.203 e. The van der Waals surface area contributed by atoms with E-state index in [0.717, 1.165) is 0 Å². The van der Waals surface area contributed by atoms with Gasteiger partial charge in [0.2, 0.25) is 5.75 Å². The molecule has 13 heavy (non-hydrogen) atoms. The summed E-state index contributed by atoms with van der Waals surface area (Å²) in [6.07, 6.45) is 0.497. The van der Waals surface area contributed by atoms with Gasteiger partial charge in [-0.1, -0.05) is 0 Å². The van der Waals surface area contributed by atoms with E-state index in [1.54, 1.807) is 6.92 Å². The lowest BCUT2D eigenvalue weighted by molar-refractivity contribution is 0.112. The molecule has 0 heterocycles. The van der Waals surface area contributed by atoms with Crippen LogP contribution in [0.1, 0.15) is 17.3 Å². The van der Waals surface area contributed by atoms with Crippen molar-refractivity contribution in [3.63, 3.8) is 0 Å². The average molecular weight is 182 g/mol. The molecule has 0 atom stereocenters. The molecule has 0 radical (unpaired) electrons. The molecule has 1 rings (SSSR count). The van der Waals surface area contributed by atoms with Crippen molar-refractivity contribution in [2.24, 2.45) is 0 Å². The Balaban J connectivity index is 3.21. The minimum absolute atomic E-state index is 0.0490. The molecule has 0 amide bonds. The minimum atomic E-state index is -0.322. The van der Waals surface area contributed by atoms with Gasteiger partial charge in [-0.05, 0) is 19.1 Å². The number of aldehydes is 1. The van der Waals surface area contributed by atoms with Crippen molar-refractivity contribution in [2.45, 2.75) is 6.92 Å². The van der Waals surface area contributed by atoms with Crippen molar-refractivity contribution in [1.82, 2.24) is 0 Å². The summed E-state index contributed by atoms with van der Waals surface area (Å²) in [4.78, 5) is 10.4. The van der Waals surface area contributed by atoms with Crippen molar-refractivity contribution in [3.05, 3.63) is 17.7 Å². The Labute approximate surface area is 75.4 Å². The quantitative estimate of drug-likeness (QED) is 0.691. The number of rotatable bonds is 3. The Hall–Kier alpha value is -1.71. The van der Waals surface area contributed by atoms with Crippen LogP contribution in [-0.4, -0.2) is 23.1 Å². The summed E-state index contributed by atoms with van der Waals surface area (Å²) in [5, 5.41) is 18.6. The molecule has 4 nitrogen and oxygen atoms in total. The summed E-state index contributed by atoms with van der Waals surface area (Å²) in [6.45, 7) is 2.02. The van der Waals surface area contributed by atoms with Crippen LogP contribution in [0.25, 0.3) is 0 Å². The van der Waals surface area contributed by atoms with Gasteiger partial charge in [-0.25, -0.2) is 0 Å². The zero-order valence-corrected chi connectivity index (χ0v) is 7.15. The van der Waals surface area contributed by atoms with Gasteiger partial charge in [-0.15, -0.1) is 0 Å². The highest BCUT2D eigenvalue weighted by atomic mass is 16.5. The molecule has 0 aliphatic heterocycles. The van der Waals surface area contributed by atoms with Gasteiger partial charge in [0.1, 0.15) is 0 Å². The van der Waals surface area contributed by atoms with Crippen LogP contribution in [0, 0.1) is 0 Å². The van der Waals surface area contributed by atoms with Gasteiger partial charge in [-0.2, -0.15) is 0 Å². The van der Waals surface area contributed by atoms with E-state index in [2.05, 4.69) is 0 Å². The van der Waals surface area contributed by atoms with Crippen LogP contribution < -0.4 is 4.74 Å². The Morgan fingerprint density at radius 1 is 1.46 bits per heavy atom. The van der Waals surface area contributed by atoms with Gasteiger partial charge < -0.3 is 14.9 Å². The molecule has 1 aromatic carbocycles. The van der Waals surface area contributed by atoms with E-state index in [0.29, 0.717) is 12.9 Å². The fourth-order valence-corrected chi connectivity index (χ4v) is 0.957. The third kappa shape index (κ3) is 1.72. The molecular weight excluding hydrogens is 172 g/mol. The van der Waals surface area contributed by atoms with Crippen LogP contribution in [0.2, 0.25) is 0 Å². The van der Waals surface area contributed by atoms with E-state index in [1.165, 1.54) is 12.1 Å². The molecular formula is C9H10O4. The van der Waals surface area contributed by atoms with E-state index in [1.807, 2.05) is 0 Å². The predicted molar refractivity (Wildman–Crippen MR) is 46.3 cm³/mol. The zero-order valence-electron chi connectivity index (χ0n) is 7.15. The zero-order chi connectivity index (χ0) is 9.84. The predicted octanol–water partition coefficient (Wildman–Crippen LogP) is 1.31. The molecule has 0 fully saturated rings. The van der Waals surface area contributed by atoms with Gasteiger partial charge in [0.25, 0.3) is 0 Å². The number of carbonyl (C=O) groups excluding carboxylic acids is 1. The number of hydrogen-bond acceptors (Lipinski definition) is 4. The lowest BCUT2D eigenvalue weighted by Crippen LogP contribution is -1.94. The lowest BCUT2D eigenvalue weighted by Gasteiger charge is -2.08. The van der Waals surface area contributed by atoms with Crippen molar-refractivity contribution in [1.29, 1.82) is 0 Å². The van der Waals surface area contributed by atoms with E-state index >= 15 is 0 Å². The van der Waals surface area contributed by atoms with Crippen LogP contribution in [0.4, 0.5) is 0 Å². The summed E-state index contributed by atoms with van der Waals surface area (Å²) in [5.74, 6) is -0.547. The van der Waals surface area contributed by atoms with Crippen LogP contribution in [0.15, 0.2) is 12.1 Å². The second kappa shape index (κ2) is 3.80. The number of phenols is 2.